The van der Waals surface area contributed by atoms with Crippen molar-refractivity contribution in [2.75, 3.05) is 7.11 Å². The zero-order valence-corrected chi connectivity index (χ0v) is 13.5. The Morgan fingerprint density at radius 2 is 1.73 bits per heavy atom. The predicted octanol–water partition coefficient (Wildman–Crippen LogP) is 2.56. The number of rotatable bonds is 1. The van der Waals surface area contributed by atoms with Gasteiger partial charge in [0.15, 0.2) is 0 Å². The van der Waals surface area contributed by atoms with Gasteiger partial charge in [0, 0.05) is 0 Å². The number of methoxy groups -OCH3 is 1. The summed E-state index contributed by atoms with van der Waals surface area (Å²) in [5, 5.41) is 0.942. The SMILES string of the molecule is COC(=O)n1c(B2OC(C)(C)C(C)(C)O2)cc2ccccc21. The molecular weight excluding hydrogens is 281 g/mol. The van der Waals surface area contributed by atoms with E-state index in [2.05, 4.69) is 0 Å². The van der Waals surface area contributed by atoms with Crippen LogP contribution in [0.15, 0.2) is 30.3 Å². The smallest absolute Gasteiger partial charge is 0.452 e. The quantitative estimate of drug-likeness (QED) is 0.760. The van der Waals surface area contributed by atoms with E-state index in [0.717, 1.165) is 10.9 Å². The Labute approximate surface area is 130 Å². The molecule has 0 spiro atoms. The summed E-state index contributed by atoms with van der Waals surface area (Å²) in [6.07, 6.45) is -0.453. The molecule has 0 saturated carbocycles. The average molecular weight is 301 g/mol. The van der Waals surface area contributed by atoms with Gasteiger partial charge in [0.1, 0.15) is 0 Å². The topological polar surface area (TPSA) is 49.7 Å². The lowest BCUT2D eigenvalue weighted by Gasteiger charge is -2.32. The third kappa shape index (κ3) is 2.14. The summed E-state index contributed by atoms with van der Waals surface area (Å²) in [7, 11) is 0.752. The van der Waals surface area contributed by atoms with Crippen molar-refractivity contribution >= 4 is 29.7 Å². The number of aromatic nitrogens is 1. The minimum atomic E-state index is -0.614. The first-order valence-electron chi connectivity index (χ1n) is 7.31. The van der Waals surface area contributed by atoms with Gasteiger partial charge in [-0.15, -0.1) is 0 Å². The second-order valence-electron chi connectivity index (χ2n) is 6.52. The molecule has 5 nitrogen and oxygen atoms in total. The molecule has 116 valence electrons. The molecule has 0 atom stereocenters. The zero-order chi connectivity index (χ0) is 16.1. The van der Waals surface area contributed by atoms with Crippen LogP contribution in [0.4, 0.5) is 4.79 Å². The van der Waals surface area contributed by atoms with Crippen LogP contribution in [0.3, 0.4) is 0 Å². The lowest BCUT2D eigenvalue weighted by Crippen LogP contribution is -2.41. The standard InChI is InChI=1S/C16H20BNO4/c1-15(2)16(3,4)22-17(21-15)13-10-11-8-6-7-9-12(11)18(13)14(19)20-5/h6-10H,1-5H3. The number of ether oxygens (including phenoxy) is 1. The lowest BCUT2D eigenvalue weighted by molar-refractivity contribution is 0.00578. The molecule has 3 rings (SSSR count). The summed E-state index contributed by atoms with van der Waals surface area (Å²) in [6.45, 7) is 7.94. The molecule has 1 saturated heterocycles. The molecule has 1 aromatic heterocycles. The molecule has 6 heteroatoms. The number of fused-ring (bicyclic) bond motifs is 1. The lowest BCUT2D eigenvalue weighted by atomic mass is 9.84. The number of carbonyl (C=O) groups is 1. The molecule has 0 N–H and O–H groups in total. The van der Waals surface area contributed by atoms with E-state index in [0.29, 0.717) is 5.59 Å². The van der Waals surface area contributed by atoms with Crippen molar-refractivity contribution in [3.63, 3.8) is 0 Å². The summed E-state index contributed by atoms with van der Waals surface area (Å²) in [5.74, 6) is 0. The summed E-state index contributed by atoms with van der Waals surface area (Å²) < 4.78 is 18.6. The second kappa shape index (κ2) is 4.86. The molecule has 0 bridgehead atoms. The highest BCUT2D eigenvalue weighted by Gasteiger charge is 2.53. The Morgan fingerprint density at radius 1 is 1.14 bits per heavy atom. The highest BCUT2D eigenvalue weighted by molar-refractivity contribution is 6.62. The van der Waals surface area contributed by atoms with Gasteiger partial charge in [-0.05, 0) is 45.2 Å². The molecule has 2 aromatic rings. The van der Waals surface area contributed by atoms with E-state index < -0.39 is 24.4 Å². The highest BCUT2D eigenvalue weighted by atomic mass is 16.7. The molecule has 0 radical (unpaired) electrons. The van der Waals surface area contributed by atoms with Crippen LogP contribution in [0.2, 0.25) is 0 Å². The van der Waals surface area contributed by atoms with Gasteiger partial charge in [0.25, 0.3) is 0 Å². The minimum Gasteiger partial charge on any atom is -0.452 e. The van der Waals surface area contributed by atoms with Gasteiger partial charge in [-0.3, -0.25) is 4.57 Å². The molecule has 0 aliphatic carbocycles. The van der Waals surface area contributed by atoms with Crippen molar-refractivity contribution in [2.45, 2.75) is 38.9 Å². The van der Waals surface area contributed by atoms with E-state index in [1.165, 1.54) is 11.7 Å². The molecule has 1 aliphatic rings. The number of benzene rings is 1. The fourth-order valence-corrected chi connectivity index (χ4v) is 2.61. The maximum absolute atomic E-state index is 12.2. The molecule has 22 heavy (non-hydrogen) atoms. The van der Waals surface area contributed by atoms with Gasteiger partial charge in [-0.25, -0.2) is 4.79 Å². The van der Waals surface area contributed by atoms with E-state index in [-0.39, 0.29) is 0 Å². The molecule has 0 amide bonds. The van der Waals surface area contributed by atoms with Crippen LogP contribution < -0.4 is 5.59 Å². The van der Waals surface area contributed by atoms with Crippen molar-refractivity contribution in [3.05, 3.63) is 30.3 Å². The normalized spacial score (nSPS) is 19.6. The van der Waals surface area contributed by atoms with Crippen LogP contribution in [-0.4, -0.2) is 36.1 Å². The number of hydrogen-bond acceptors (Lipinski definition) is 4. The fraction of sp³-hybridized carbons (Fsp3) is 0.438. The second-order valence-corrected chi connectivity index (χ2v) is 6.52. The van der Waals surface area contributed by atoms with E-state index in [1.807, 2.05) is 58.0 Å². The molecule has 1 fully saturated rings. The Bertz CT molecular complexity index is 719. The maximum atomic E-state index is 12.2. The average Bonchev–Trinajstić information content (AvgIpc) is 2.93. The van der Waals surface area contributed by atoms with Crippen molar-refractivity contribution in [1.29, 1.82) is 0 Å². The van der Waals surface area contributed by atoms with Crippen LogP contribution in [-0.2, 0) is 14.0 Å². The summed E-state index contributed by atoms with van der Waals surface area (Å²) in [4.78, 5) is 12.2. The van der Waals surface area contributed by atoms with Gasteiger partial charge in [-0.2, -0.15) is 0 Å². The Morgan fingerprint density at radius 3 is 2.32 bits per heavy atom. The highest BCUT2D eigenvalue weighted by Crippen LogP contribution is 2.36. The van der Waals surface area contributed by atoms with Crippen LogP contribution in [0, 0.1) is 0 Å². The number of hydrogen-bond donors (Lipinski definition) is 0. The predicted molar refractivity (Wildman–Crippen MR) is 85.5 cm³/mol. The van der Waals surface area contributed by atoms with Crippen molar-refractivity contribution in [3.8, 4) is 0 Å². The first-order valence-corrected chi connectivity index (χ1v) is 7.31. The van der Waals surface area contributed by atoms with Gasteiger partial charge < -0.3 is 14.0 Å². The Balaban J connectivity index is 2.14. The number of nitrogens with zero attached hydrogens (tertiary/aromatic N) is 1. The summed E-state index contributed by atoms with van der Waals surface area (Å²) in [6, 6.07) is 9.55. The maximum Gasteiger partial charge on any atom is 0.513 e. The third-order valence-corrected chi connectivity index (χ3v) is 4.59. The Kier molecular flexibility index (Phi) is 3.34. The largest absolute Gasteiger partial charge is 0.513 e. The first-order chi connectivity index (χ1) is 10.3. The Hall–Kier alpha value is -1.79. The van der Waals surface area contributed by atoms with Crippen LogP contribution in [0.5, 0.6) is 0 Å². The summed E-state index contributed by atoms with van der Waals surface area (Å²) in [5.41, 5.74) is 0.496. The minimum absolute atomic E-state index is 0.453. The van der Waals surface area contributed by atoms with Crippen molar-refractivity contribution < 1.29 is 18.8 Å². The molecule has 0 unspecified atom stereocenters. The fourth-order valence-electron chi connectivity index (χ4n) is 2.61. The van der Waals surface area contributed by atoms with E-state index in [4.69, 9.17) is 14.0 Å². The molecule has 1 aromatic carbocycles. The van der Waals surface area contributed by atoms with Crippen molar-refractivity contribution in [2.24, 2.45) is 0 Å². The first kappa shape index (κ1) is 15.1. The van der Waals surface area contributed by atoms with Gasteiger partial charge in [0.2, 0.25) is 0 Å². The molecule has 2 heterocycles. The van der Waals surface area contributed by atoms with E-state index in [9.17, 15) is 4.79 Å². The van der Waals surface area contributed by atoms with Gasteiger partial charge in [-0.1, -0.05) is 18.2 Å². The zero-order valence-electron chi connectivity index (χ0n) is 13.5. The monoisotopic (exact) mass is 301 g/mol. The number of para-hydroxylation sites is 1. The molecule has 1 aliphatic heterocycles. The van der Waals surface area contributed by atoms with Crippen molar-refractivity contribution in [1.82, 2.24) is 4.57 Å². The van der Waals surface area contributed by atoms with Crippen LogP contribution >= 0.6 is 0 Å². The third-order valence-electron chi connectivity index (χ3n) is 4.59. The van der Waals surface area contributed by atoms with Crippen LogP contribution in [0.1, 0.15) is 27.7 Å². The van der Waals surface area contributed by atoms with Gasteiger partial charge >= 0.3 is 13.2 Å². The molecular formula is C16H20BNO4. The van der Waals surface area contributed by atoms with Gasteiger partial charge in [0.05, 0.1) is 29.4 Å². The van der Waals surface area contributed by atoms with Crippen LogP contribution in [0.25, 0.3) is 10.9 Å². The number of carbonyl (C=O) groups excluding carboxylic acids is 1. The van der Waals surface area contributed by atoms with E-state index in [1.54, 1.807) is 0 Å². The summed E-state index contributed by atoms with van der Waals surface area (Å²) >= 11 is 0. The van der Waals surface area contributed by atoms with E-state index >= 15 is 0 Å².